The minimum Gasteiger partial charge on any atom is -0.481 e. The zero-order valence-corrected chi connectivity index (χ0v) is 11.4. The highest BCUT2D eigenvalue weighted by atomic mass is 16.4. The third kappa shape index (κ3) is 3.08. The predicted octanol–water partition coefficient (Wildman–Crippen LogP) is 1.22. The van der Waals surface area contributed by atoms with Crippen LogP contribution in [0.25, 0.3) is 0 Å². The van der Waals surface area contributed by atoms with Gasteiger partial charge in [0.2, 0.25) is 5.91 Å². The van der Waals surface area contributed by atoms with Crippen LogP contribution in [0.3, 0.4) is 0 Å². The fourth-order valence-electron chi connectivity index (χ4n) is 3.35. The first-order chi connectivity index (χ1) is 9.07. The summed E-state index contributed by atoms with van der Waals surface area (Å²) in [7, 11) is 0. The molecular weight excluding hydrogens is 244 g/mol. The van der Waals surface area contributed by atoms with E-state index in [1.165, 1.54) is 0 Å². The van der Waals surface area contributed by atoms with Crippen molar-refractivity contribution in [2.75, 3.05) is 19.6 Å². The van der Waals surface area contributed by atoms with Gasteiger partial charge in [-0.25, -0.2) is 0 Å². The summed E-state index contributed by atoms with van der Waals surface area (Å²) >= 11 is 0. The van der Waals surface area contributed by atoms with E-state index < -0.39 is 11.4 Å². The van der Waals surface area contributed by atoms with E-state index in [4.69, 9.17) is 5.73 Å². The maximum atomic E-state index is 12.3. The quantitative estimate of drug-likeness (QED) is 0.803. The number of carbonyl (C=O) groups excluding carboxylic acids is 1. The minimum absolute atomic E-state index is 0.000231. The molecule has 1 heterocycles. The van der Waals surface area contributed by atoms with Crippen LogP contribution in [0.2, 0.25) is 0 Å². The molecule has 1 aliphatic carbocycles. The molecule has 5 nitrogen and oxygen atoms in total. The van der Waals surface area contributed by atoms with Gasteiger partial charge in [0.25, 0.3) is 0 Å². The van der Waals surface area contributed by atoms with Gasteiger partial charge in [0.15, 0.2) is 0 Å². The number of rotatable bonds is 4. The summed E-state index contributed by atoms with van der Waals surface area (Å²) in [5, 5.41) is 9.49. The van der Waals surface area contributed by atoms with Crippen molar-refractivity contribution in [1.82, 2.24) is 4.90 Å². The highest BCUT2D eigenvalue weighted by Crippen LogP contribution is 2.40. The van der Waals surface area contributed by atoms with Gasteiger partial charge in [-0.2, -0.15) is 0 Å². The number of carbonyl (C=O) groups is 2. The van der Waals surface area contributed by atoms with E-state index in [1.807, 2.05) is 0 Å². The maximum absolute atomic E-state index is 12.3. The third-order valence-electron chi connectivity index (χ3n) is 4.73. The fraction of sp³-hybridized carbons (Fsp3) is 0.857. The molecule has 0 bridgehead atoms. The van der Waals surface area contributed by atoms with Gasteiger partial charge in [-0.05, 0) is 31.7 Å². The first-order valence-electron chi connectivity index (χ1n) is 7.29. The van der Waals surface area contributed by atoms with Gasteiger partial charge in [-0.3, -0.25) is 9.59 Å². The highest BCUT2D eigenvalue weighted by molar-refractivity contribution is 5.85. The van der Waals surface area contributed by atoms with Gasteiger partial charge in [-0.15, -0.1) is 0 Å². The van der Waals surface area contributed by atoms with E-state index in [0.717, 1.165) is 32.2 Å². The molecule has 0 aromatic rings. The second kappa shape index (κ2) is 5.90. The number of hydrogen-bond acceptors (Lipinski definition) is 3. The predicted molar refractivity (Wildman–Crippen MR) is 71.5 cm³/mol. The van der Waals surface area contributed by atoms with Gasteiger partial charge in [-0.1, -0.05) is 19.3 Å². The number of likely N-dealkylation sites (tertiary alicyclic amines) is 1. The molecule has 0 radical (unpaired) electrons. The third-order valence-corrected chi connectivity index (χ3v) is 4.73. The van der Waals surface area contributed by atoms with Crippen LogP contribution in [0, 0.1) is 11.3 Å². The number of carboxylic acids is 1. The zero-order valence-electron chi connectivity index (χ0n) is 11.4. The lowest BCUT2D eigenvalue weighted by molar-refractivity contribution is -0.155. The molecule has 5 heteroatoms. The molecule has 0 aromatic carbocycles. The standard InChI is InChI=1S/C14H24N2O3/c15-9-11-4-7-16(10-11)12(17)8-14(13(18)19)5-2-1-3-6-14/h11H,1-10,15H2,(H,18,19). The Balaban J connectivity index is 1.98. The van der Waals surface area contributed by atoms with Crippen LogP contribution in [0.15, 0.2) is 0 Å². The number of amides is 1. The van der Waals surface area contributed by atoms with Crippen molar-refractivity contribution in [3.8, 4) is 0 Å². The molecule has 3 N–H and O–H groups in total. The number of carboxylic acid groups (broad SMARTS) is 1. The second-order valence-corrected chi connectivity index (χ2v) is 6.05. The molecule has 0 spiro atoms. The van der Waals surface area contributed by atoms with Crippen LogP contribution < -0.4 is 5.73 Å². The van der Waals surface area contributed by atoms with Crippen LogP contribution in [0.5, 0.6) is 0 Å². The van der Waals surface area contributed by atoms with Crippen LogP contribution >= 0.6 is 0 Å². The Morgan fingerprint density at radius 1 is 1.26 bits per heavy atom. The van der Waals surface area contributed by atoms with Crippen molar-refractivity contribution in [1.29, 1.82) is 0 Å². The van der Waals surface area contributed by atoms with Crippen LogP contribution in [0.4, 0.5) is 0 Å². The summed E-state index contributed by atoms with van der Waals surface area (Å²) in [5.41, 5.74) is 4.81. The Morgan fingerprint density at radius 2 is 1.95 bits per heavy atom. The summed E-state index contributed by atoms with van der Waals surface area (Å²) in [6.07, 6.45) is 5.32. The molecule has 1 unspecified atom stereocenters. The smallest absolute Gasteiger partial charge is 0.310 e. The van der Waals surface area contributed by atoms with E-state index in [1.54, 1.807) is 4.90 Å². The van der Waals surface area contributed by atoms with Crippen molar-refractivity contribution >= 4 is 11.9 Å². The number of aliphatic carboxylic acids is 1. The average Bonchev–Trinajstić information content (AvgIpc) is 2.88. The Kier molecular flexibility index (Phi) is 4.45. The van der Waals surface area contributed by atoms with E-state index >= 15 is 0 Å². The van der Waals surface area contributed by atoms with Crippen molar-refractivity contribution < 1.29 is 14.7 Å². The normalized spacial score (nSPS) is 26.4. The summed E-state index contributed by atoms with van der Waals surface area (Å²) in [4.78, 5) is 25.7. The van der Waals surface area contributed by atoms with Crippen LogP contribution in [-0.4, -0.2) is 41.5 Å². The van der Waals surface area contributed by atoms with Gasteiger partial charge in [0.1, 0.15) is 0 Å². The molecule has 0 aromatic heterocycles. The number of nitrogens with zero attached hydrogens (tertiary/aromatic N) is 1. The Bertz CT molecular complexity index is 351. The number of nitrogens with two attached hydrogens (primary N) is 1. The molecule has 1 saturated heterocycles. The molecule has 108 valence electrons. The molecule has 1 amide bonds. The van der Waals surface area contributed by atoms with Crippen molar-refractivity contribution in [3.63, 3.8) is 0 Å². The summed E-state index contributed by atoms with van der Waals surface area (Å²) in [6, 6.07) is 0. The second-order valence-electron chi connectivity index (χ2n) is 6.05. The van der Waals surface area contributed by atoms with E-state index in [9.17, 15) is 14.7 Å². The Hall–Kier alpha value is -1.10. The molecule has 1 aliphatic heterocycles. The SMILES string of the molecule is NCC1CCN(C(=O)CC2(C(=O)O)CCCCC2)C1. The van der Waals surface area contributed by atoms with Gasteiger partial charge in [0.05, 0.1) is 5.41 Å². The molecular formula is C14H24N2O3. The lowest BCUT2D eigenvalue weighted by Crippen LogP contribution is -2.40. The van der Waals surface area contributed by atoms with Crippen molar-refractivity contribution in [2.24, 2.45) is 17.1 Å². The van der Waals surface area contributed by atoms with E-state index in [-0.39, 0.29) is 12.3 Å². The summed E-state index contributed by atoms with van der Waals surface area (Å²) in [5.74, 6) is -0.411. The van der Waals surface area contributed by atoms with Crippen molar-refractivity contribution in [3.05, 3.63) is 0 Å². The van der Waals surface area contributed by atoms with Gasteiger partial charge < -0.3 is 15.7 Å². The molecule has 1 atom stereocenters. The molecule has 2 rings (SSSR count). The van der Waals surface area contributed by atoms with Gasteiger partial charge >= 0.3 is 5.97 Å². The summed E-state index contributed by atoms with van der Waals surface area (Å²) < 4.78 is 0. The molecule has 2 aliphatic rings. The van der Waals surface area contributed by atoms with E-state index in [2.05, 4.69) is 0 Å². The Labute approximate surface area is 114 Å². The van der Waals surface area contributed by atoms with Gasteiger partial charge in [0, 0.05) is 19.5 Å². The van der Waals surface area contributed by atoms with Crippen LogP contribution in [0.1, 0.15) is 44.9 Å². The Morgan fingerprint density at radius 3 is 2.47 bits per heavy atom. The molecule has 2 fully saturated rings. The topological polar surface area (TPSA) is 83.6 Å². The van der Waals surface area contributed by atoms with Crippen LogP contribution in [-0.2, 0) is 9.59 Å². The highest BCUT2D eigenvalue weighted by Gasteiger charge is 2.42. The first kappa shape index (κ1) is 14.3. The lowest BCUT2D eigenvalue weighted by Gasteiger charge is -2.33. The molecule has 19 heavy (non-hydrogen) atoms. The fourth-order valence-corrected chi connectivity index (χ4v) is 3.35. The minimum atomic E-state index is -0.809. The number of hydrogen-bond donors (Lipinski definition) is 2. The zero-order chi connectivity index (χ0) is 13.9. The average molecular weight is 268 g/mol. The monoisotopic (exact) mass is 268 g/mol. The molecule has 1 saturated carbocycles. The summed E-state index contributed by atoms with van der Waals surface area (Å²) in [6.45, 7) is 2.04. The first-order valence-corrected chi connectivity index (χ1v) is 7.29. The van der Waals surface area contributed by atoms with E-state index in [0.29, 0.717) is 31.8 Å². The maximum Gasteiger partial charge on any atom is 0.310 e. The van der Waals surface area contributed by atoms with Crippen molar-refractivity contribution in [2.45, 2.75) is 44.9 Å². The largest absolute Gasteiger partial charge is 0.481 e. The lowest BCUT2D eigenvalue weighted by atomic mass is 9.71.